The Morgan fingerprint density at radius 1 is 1.17 bits per heavy atom. The van der Waals surface area contributed by atoms with E-state index < -0.39 is 0 Å². The Morgan fingerprint density at radius 2 is 2.04 bits per heavy atom. The predicted molar refractivity (Wildman–Crippen MR) is 92.7 cm³/mol. The number of hydrogen-bond acceptors (Lipinski definition) is 3. The maximum Gasteiger partial charge on any atom is 0.232 e. The molecule has 0 spiro atoms. The van der Waals surface area contributed by atoms with Gasteiger partial charge in [-0.2, -0.15) is 0 Å². The molecule has 24 heavy (non-hydrogen) atoms. The lowest BCUT2D eigenvalue weighted by molar-refractivity contribution is -0.118. The number of fused-ring (bicyclic) bond motifs is 2. The Hall–Kier alpha value is -2.69. The minimum Gasteiger partial charge on any atom is -0.338 e. The van der Waals surface area contributed by atoms with Crippen molar-refractivity contribution in [1.29, 1.82) is 0 Å². The first-order chi connectivity index (χ1) is 11.8. The van der Waals surface area contributed by atoms with Crippen LogP contribution in [0.4, 0.5) is 5.69 Å². The summed E-state index contributed by atoms with van der Waals surface area (Å²) in [6, 6.07) is 7.99. The molecule has 1 fully saturated rings. The lowest BCUT2D eigenvalue weighted by Gasteiger charge is -2.16. The molecule has 0 saturated heterocycles. The van der Waals surface area contributed by atoms with Gasteiger partial charge in [-0.1, -0.05) is 12.8 Å². The second-order valence-corrected chi connectivity index (χ2v) is 6.80. The highest BCUT2D eigenvalue weighted by Gasteiger charge is 2.38. The average Bonchev–Trinajstić information content (AvgIpc) is 3.30. The van der Waals surface area contributed by atoms with Crippen molar-refractivity contribution < 1.29 is 4.79 Å². The summed E-state index contributed by atoms with van der Waals surface area (Å²) in [5.41, 5.74) is 4.87. The van der Waals surface area contributed by atoms with Gasteiger partial charge >= 0.3 is 0 Å². The summed E-state index contributed by atoms with van der Waals surface area (Å²) < 4.78 is 0. The number of amides is 1. The fourth-order valence-corrected chi connectivity index (χ4v) is 4.19. The number of H-pyrrole nitrogens is 1. The molecule has 1 aliphatic heterocycles. The minimum atomic E-state index is -0.00274. The molecule has 1 amide bonds. The van der Waals surface area contributed by atoms with Gasteiger partial charge in [0.15, 0.2) is 0 Å². The third-order valence-corrected chi connectivity index (χ3v) is 5.33. The summed E-state index contributed by atoms with van der Waals surface area (Å²) in [6.45, 7) is 0. The van der Waals surface area contributed by atoms with E-state index in [1.807, 2.05) is 18.2 Å². The first kappa shape index (κ1) is 13.7. The van der Waals surface area contributed by atoms with E-state index in [1.165, 1.54) is 12.8 Å². The van der Waals surface area contributed by atoms with Gasteiger partial charge in [-0.25, -0.2) is 4.98 Å². The van der Waals surface area contributed by atoms with Crippen LogP contribution in [0.3, 0.4) is 0 Å². The first-order valence-electron chi connectivity index (χ1n) is 8.54. The lowest BCUT2D eigenvalue weighted by Crippen LogP contribution is -2.18. The average molecular weight is 318 g/mol. The highest BCUT2D eigenvalue weighted by Crippen LogP contribution is 2.45. The Labute approximate surface area is 139 Å². The highest BCUT2D eigenvalue weighted by atomic mass is 16.2. The maximum absolute atomic E-state index is 12.5. The molecule has 1 aliphatic carbocycles. The molecule has 0 bridgehead atoms. The zero-order valence-corrected chi connectivity index (χ0v) is 13.2. The summed E-state index contributed by atoms with van der Waals surface area (Å²) in [4.78, 5) is 24.6. The van der Waals surface area contributed by atoms with Gasteiger partial charge in [-0.15, -0.1) is 0 Å². The summed E-state index contributed by atoms with van der Waals surface area (Å²) in [5, 5.41) is 3.06. The van der Waals surface area contributed by atoms with E-state index in [2.05, 4.69) is 26.3 Å². The van der Waals surface area contributed by atoms with E-state index in [9.17, 15) is 4.79 Å². The Bertz CT molecular complexity index is 925. The molecular formula is C19H18N4O. The standard InChI is InChI=1S/C19H18N4O/c24-19-17(11-4-1-2-5-11)13-8-15-16(9-14(13)23-19)22-18(21-15)12-6-3-7-20-10-12/h3,6-11,17H,1-2,4-5H2,(H,21,22)(H,23,24). The van der Waals surface area contributed by atoms with E-state index in [4.69, 9.17) is 0 Å². The number of anilines is 1. The zero-order valence-electron chi connectivity index (χ0n) is 13.2. The third-order valence-electron chi connectivity index (χ3n) is 5.33. The SMILES string of the molecule is O=C1Nc2cc3nc(-c4cccnc4)[nH]c3cc2C1C1CCCC1. The Balaban J connectivity index is 1.60. The number of benzene rings is 1. The molecule has 1 saturated carbocycles. The number of hydrogen-bond donors (Lipinski definition) is 2. The van der Waals surface area contributed by atoms with E-state index in [0.29, 0.717) is 5.92 Å². The maximum atomic E-state index is 12.5. The van der Waals surface area contributed by atoms with Crippen LogP contribution >= 0.6 is 0 Å². The van der Waals surface area contributed by atoms with E-state index >= 15 is 0 Å². The molecule has 5 nitrogen and oxygen atoms in total. The van der Waals surface area contributed by atoms with Crippen LogP contribution in [0.5, 0.6) is 0 Å². The van der Waals surface area contributed by atoms with Crippen LogP contribution in [0.15, 0.2) is 36.7 Å². The minimum absolute atomic E-state index is 0.00274. The lowest BCUT2D eigenvalue weighted by atomic mass is 9.86. The molecule has 3 aromatic rings. The van der Waals surface area contributed by atoms with Crippen molar-refractivity contribution >= 4 is 22.6 Å². The molecular weight excluding hydrogens is 300 g/mol. The molecule has 120 valence electrons. The van der Waals surface area contributed by atoms with Crippen molar-refractivity contribution in [3.8, 4) is 11.4 Å². The number of aromatic nitrogens is 3. The molecule has 2 N–H and O–H groups in total. The van der Waals surface area contributed by atoms with Crippen molar-refractivity contribution in [2.45, 2.75) is 31.6 Å². The van der Waals surface area contributed by atoms with Crippen LogP contribution in [0.2, 0.25) is 0 Å². The van der Waals surface area contributed by atoms with Gasteiger partial charge < -0.3 is 10.3 Å². The number of carbonyl (C=O) groups is 1. The normalized spacial score (nSPS) is 20.5. The number of pyridine rings is 1. The Morgan fingerprint density at radius 3 is 2.83 bits per heavy atom. The molecule has 1 aromatic carbocycles. The van der Waals surface area contributed by atoms with Crippen LogP contribution in [0, 0.1) is 5.92 Å². The number of nitrogens with one attached hydrogen (secondary N) is 2. The summed E-state index contributed by atoms with van der Waals surface area (Å²) in [6.07, 6.45) is 8.33. The van der Waals surface area contributed by atoms with Gasteiger partial charge in [0, 0.05) is 23.6 Å². The fourth-order valence-electron chi connectivity index (χ4n) is 4.19. The van der Waals surface area contributed by atoms with Gasteiger partial charge in [0.1, 0.15) is 5.82 Å². The van der Waals surface area contributed by atoms with Gasteiger partial charge in [0.05, 0.1) is 17.0 Å². The van der Waals surface area contributed by atoms with Gasteiger partial charge in [-0.3, -0.25) is 9.78 Å². The topological polar surface area (TPSA) is 70.7 Å². The second-order valence-electron chi connectivity index (χ2n) is 6.80. The van der Waals surface area contributed by atoms with Crippen molar-refractivity contribution in [2.75, 3.05) is 5.32 Å². The highest BCUT2D eigenvalue weighted by molar-refractivity contribution is 6.05. The molecule has 5 rings (SSSR count). The monoisotopic (exact) mass is 318 g/mol. The fraction of sp³-hybridized carbons (Fsp3) is 0.316. The largest absolute Gasteiger partial charge is 0.338 e. The summed E-state index contributed by atoms with van der Waals surface area (Å²) in [5.74, 6) is 1.43. The number of aromatic amines is 1. The van der Waals surface area contributed by atoms with Crippen molar-refractivity contribution in [3.05, 3.63) is 42.2 Å². The van der Waals surface area contributed by atoms with Crippen molar-refractivity contribution in [1.82, 2.24) is 15.0 Å². The first-order valence-corrected chi connectivity index (χ1v) is 8.54. The van der Waals surface area contributed by atoms with Crippen molar-refractivity contribution in [3.63, 3.8) is 0 Å². The Kier molecular flexibility index (Phi) is 2.95. The molecule has 0 radical (unpaired) electrons. The van der Waals surface area contributed by atoms with E-state index in [0.717, 1.165) is 46.5 Å². The molecule has 2 aliphatic rings. The molecule has 1 unspecified atom stereocenters. The van der Waals surface area contributed by atoms with E-state index in [1.54, 1.807) is 12.4 Å². The van der Waals surface area contributed by atoms with Crippen LogP contribution in [-0.4, -0.2) is 20.9 Å². The summed E-state index contributed by atoms with van der Waals surface area (Å²) in [7, 11) is 0. The molecule has 1 atom stereocenters. The van der Waals surface area contributed by atoms with Gasteiger partial charge in [-0.05, 0) is 48.6 Å². The smallest absolute Gasteiger partial charge is 0.232 e. The number of carbonyl (C=O) groups excluding carboxylic acids is 1. The van der Waals surface area contributed by atoms with Crippen LogP contribution in [0.1, 0.15) is 37.2 Å². The van der Waals surface area contributed by atoms with Crippen LogP contribution < -0.4 is 5.32 Å². The zero-order chi connectivity index (χ0) is 16.1. The molecule has 3 heterocycles. The van der Waals surface area contributed by atoms with E-state index in [-0.39, 0.29) is 11.8 Å². The number of nitrogens with zero attached hydrogens (tertiary/aromatic N) is 2. The number of imidazole rings is 1. The summed E-state index contributed by atoms with van der Waals surface area (Å²) >= 11 is 0. The van der Waals surface area contributed by atoms with Crippen LogP contribution in [-0.2, 0) is 4.79 Å². The van der Waals surface area contributed by atoms with Crippen LogP contribution in [0.25, 0.3) is 22.4 Å². The quantitative estimate of drug-likeness (QED) is 0.754. The van der Waals surface area contributed by atoms with Gasteiger partial charge in [0.25, 0.3) is 0 Å². The predicted octanol–water partition coefficient (Wildman–Crippen LogP) is 3.85. The number of rotatable bonds is 2. The molecule has 5 heteroatoms. The van der Waals surface area contributed by atoms with Gasteiger partial charge in [0.2, 0.25) is 5.91 Å². The second kappa shape index (κ2) is 5.16. The van der Waals surface area contributed by atoms with Crippen molar-refractivity contribution in [2.24, 2.45) is 5.92 Å². The molecule has 2 aromatic heterocycles. The third kappa shape index (κ3) is 2.04.